The van der Waals surface area contributed by atoms with Crippen molar-refractivity contribution in [3.8, 4) is 0 Å². The number of fused-ring (bicyclic) bond motifs is 3. The van der Waals surface area contributed by atoms with E-state index in [1.807, 2.05) is 11.9 Å². The van der Waals surface area contributed by atoms with Gasteiger partial charge < -0.3 is 15.5 Å². The van der Waals surface area contributed by atoms with Gasteiger partial charge in [0.1, 0.15) is 17.0 Å². The monoisotopic (exact) mass is 487 g/mol. The number of nitrogens with zero attached hydrogens (tertiary/aromatic N) is 4. The van der Waals surface area contributed by atoms with Crippen molar-refractivity contribution >= 4 is 68.9 Å². The Labute approximate surface area is 199 Å². The standard InChI is InChI=1S/C21H22ClN7OS2/c1-24-11-7-29(8-11)21(30)10-2-3-12-17(4-10)32-20-18(12)19(25-9-26-20)27-14-6-16(31)15(28-23)5-13(14)22/h5-6,9-11,23-24,31H,2-4,7-8H2,1H3,(H,25,26,27). The number of likely N-dealkylation sites (N-methyl/N-ethyl adjacent to an activating group) is 1. The van der Waals surface area contributed by atoms with Crippen molar-refractivity contribution in [3.05, 3.63) is 33.9 Å². The fourth-order valence-corrected chi connectivity index (χ4v) is 6.10. The maximum absolute atomic E-state index is 12.9. The van der Waals surface area contributed by atoms with E-state index in [1.165, 1.54) is 16.8 Å². The molecule has 1 aromatic carbocycles. The molecule has 2 aromatic heterocycles. The first-order valence-corrected chi connectivity index (χ1v) is 12.0. The van der Waals surface area contributed by atoms with Crippen molar-refractivity contribution < 1.29 is 4.79 Å². The summed E-state index contributed by atoms with van der Waals surface area (Å²) in [4.78, 5) is 26.5. The van der Waals surface area contributed by atoms with Crippen LogP contribution in [0.4, 0.5) is 17.2 Å². The summed E-state index contributed by atoms with van der Waals surface area (Å²) in [6.07, 6.45) is 3.93. The summed E-state index contributed by atoms with van der Waals surface area (Å²) in [5, 5.41) is 11.4. The summed E-state index contributed by atoms with van der Waals surface area (Å²) >= 11 is 12.4. The molecule has 0 bridgehead atoms. The number of carbonyl (C=O) groups excluding carboxylic acids is 1. The van der Waals surface area contributed by atoms with Crippen LogP contribution in [0.2, 0.25) is 5.02 Å². The molecular formula is C21H22ClN7OS2. The number of thiophene rings is 1. The number of halogens is 1. The summed E-state index contributed by atoms with van der Waals surface area (Å²) in [6.45, 7) is 1.59. The molecule has 1 unspecified atom stereocenters. The van der Waals surface area contributed by atoms with Crippen LogP contribution in [0.3, 0.4) is 0 Å². The van der Waals surface area contributed by atoms with Gasteiger partial charge in [-0.15, -0.1) is 24.0 Å². The van der Waals surface area contributed by atoms with E-state index in [1.54, 1.807) is 23.5 Å². The van der Waals surface area contributed by atoms with E-state index >= 15 is 0 Å². The molecule has 0 radical (unpaired) electrons. The summed E-state index contributed by atoms with van der Waals surface area (Å²) in [7, 11) is 1.94. The Balaban J connectivity index is 1.42. The summed E-state index contributed by atoms with van der Waals surface area (Å²) in [5.74, 6) is 0.971. The third kappa shape index (κ3) is 3.75. The molecule has 5 rings (SSSR count). The van der Waals surface area contributed by atoms with Gasteiger partial charge in [0.05, 0.1) is 21.8 Å². The van der Waals surface area contributed by atoms with Crippen molar-refractivity contribution in [3.63, 3.8) is 0 Å². The van der Waals surface area contributed by atoms with Crippen molar-refractivity contribution in [2.45, 2.75) is 30.2 Å². The van der Waals surface area contributed by atoms with Crippen LogP contribution in [-0.4, -0.2) is 47.0 Å². The number of hydrogen-bond donors (Lipinski definition) is 4. The van der Waals surface area contributed by atoms with E-state index < -0.39 is 0 Å². The van der Waals surface area contributed by atoms with Crippen molar-refractivity contribution in [2.75, 3.05) is 25.5 Å². The van der Waals surface area contributed by atoms with Crippen LogP contribution < -0.4 is 10.6 Å². The van der Waals surface area contributed by atoms with Crippen LogP contribution in [0.25, 0.3) is 10.2 Å². The quantitative estimate of drug-likeness (QED) is 0.311. The molecule has 32 heavy (non-hydrogen) atoms. The Bertz CT molecular complexity index is 1220. The second-order valence-corrected chi connectivity index (χ2v) is 10.1. The molecule has 8 nitrogen and oxygen atoms in total. The number of amides is 1. The average Bonchev–Trinajstić information content (AvgIpc) is 3.13. The van der Waals surface area contributed by atoms with Gasteiger partial charge in [0.2, 0.25) is 5.91 Å². The van der Waals surface area contributed by atoms with Gasteiger partial charge in [-0.3, -0.25) is 4.79 Å². The van der Waals surface area contributed by atoms with Crippen LogP contribution >= 0.6 is 35.6 Å². The lowest BCUT2D eigenvalue weighted by Gasteiger charge is -2.41. The van der Waals surface area contributed by atoms with Crippen LogP contribution in [0.5, 0.6) is 0 Å². The van der Waals surface area contributed by atoms with E-state index in [9.17, 15) is 4.79 Å². The normalized spacial score (nSPS) is 18.3. The van der Waals surface area contributed by atoms with Gasteiger partial charge in [-0.2, -0.15) is 5.11 Å². The number of thiol groups is 1. The number of aromatic nitrogens is 2. The van der Waals surface area contributed by atoms with E-state index in [0.29, 0.717) is 33.2 Å². The molecule has 11 heteroatoms. The van der Waals surface area contributed by atoms with Crippen LogP contribution in [0.1, 0.15) is 16.9 Å². The molecule has 3 aromatic rings. The SMILES string of the molecule is CNC1CN(C(=O)C2CCc3c(sc4ncnc(Nc5cc(S)c(N=N)cc5Cl)c34)C2)C1. The van der Waals surface area contributed by atoms with Gasteiger partial charge in [0.15, 0.2) is 0 Å². The number of likely N-dealkylation sites (tertiary alicyclic amines) is 1. The minimum atomic E-state index is 0.0279. The summed E-state index contributed by atoms with van der Waals surface area (Å²) < 4.78 is 0. The third-order valence-corrected chi connectivity index (χ3v) is 8.07. The molecule has 1 amide bonds. The zero-order chi connectivity index (χ0) is 22.4. The largest absolute Gasteiger partial charge is 0.339 e. The van der Waals surface area contributed by atoms with Crippen molar-refractivity contribution in [1.82, 2.24) is 20.2 Å². The first-order chi connectivity index (χ1) is 15.5. The highest BCUT2D eigenvalue weighted by Gasteiger charge is 2.36. The van der Waals surface area contributed by atoms with Crippen molar-refractivity contribution in [2.24, 2.45) is 11.0 Å². The average molecular weight is 488 g/mol. The lowest BCUT2D eigenvalue weighted by atomic mass is 9.86. The molecule has 0 saturated carbocycles. The van der Waals surface area contributed by atoms with Gasteiger partial charge in [0, 0.05) is 34.8 Å². The second kappa shape index (κ2) is 8.58. The number of hydrogen-bond acceptors (Lipinski definition) is 9. The Morgan fingerprint density at radius 1 is 1.38 bits per heavy atom. The number of carbonyl (C=O) groups is 1. The zero-order valence-corrected chi connectivity index (χ0v) is 19.8. The molecule has 1 atom stereocenters. The third-order valence-electron chi connectivity index (χ3n) is 6.23. The van der Waals surface area contributed by atoms with Crippen LogP contribution in [0, 0.1) is 11.4 Å². The Morgan fingerprint density at radius 2 is 2.19 bits per heavy atom. The van der Waals surface area contributed by atoms with Gasteiger partial charge in [-0.1, -0.05) is 11.6 Å². The molecule has 3 N–H and O–H groups in total. The lowest BCUT2D eigenvalue weighted by molar-refractivity contribution is -0.140. The minimum Gasteiger partial charge on any atom is -0.339 e. The van der Waals surface area contributed by atoms with E-state index in [2.05, 4.69) is 38.3 Å². The molecule has 0 spiro atoms. The Morgan fingerprint density at radius 3 is 2.94 bits per heavy atom. The molecule has 1 aliphatic heterocycles. The van der Waals surface area contributed by atoms with E-state index in [0.717, 1.165) is 42.6 Å². The highest BCUT2D eigenvalue weighted by Crippen LogP contribution is 2.42. The fraction of sp³-hybridized carbons (Fsp3) is 0.381. The van der Waals surface area contributed by atoms with Gasteiger partial charge in [-0.25, -0.2) is 15.5 Å². The van der Waals surface area contributed by atoms with Gasteiger partial charge in [0.25, 0.3) is 0 Å². The number of anilines is 2. The topological polar surface area (TPSA) is 106 Å². The van der Waals surface area contributed by atoms with Gasteiger partial charge >= 0.3 is 0 Å². The molecular weight excluding hydrogens is 466 g/mol. The highest BCUT2D eigenvalue weighted by atomic mass is 35.5. The molecule has 1 fully saturated rings. The predicted molar refractivity (Wildman–Crippen MR) is 129 cm³/mol. The first kappa shape index (κ1) is 21.6. The zero-order valence-electron chi connectivity index (χ0n) is 17.4. The minimum absolute atomic E-state index is 0.0279. The van der Waals surface area contributed by atoms with Crippen LogP contribution in [0.15, 0.2) is 28.5 Å². The number of nitrogens with one attached hydrogen (secondary N) is 3. The Kier molecular flexibility index (Phi) is 5.79. The number of benzene rings is 1. The van der Waals surface area contributed by atoms with Crippen molar-refractivity contribution in [1.29, 1.82) is 5.53 Å². The maximum atomic E-state index is 12.9. The molecule has 2 aliphatic rings. The first-order valence-electron chi connectivity index (χ1n) is 10.4. The molecule has 3 heterocycles. The maximum Gasteiger partial charge on any atom is 0.226 e. The summed E-state index contributed by atoms with van der Waals surface area (Å²) in [5.41, 5.74) is 9.49. The Hall–Kier alpha value is -2.27. The molecule has 1 saturated heterocycles. The fourth-order valence-electron chi connectivity index (χ4n) is 4.38. The molecule has 166 valence electrons. The van der Waals surface area contributed by atoms with Gasteiger partial charge in [-0.05, 0) is 44.0 Å². The number of aryl methyl sites for hydroxylation is 1. The predicted octanol–water partition coefficient (Wildman–Crippen LogP) is 4.57. The van der Waals surface area contributed by atoms with E-state index in [-0.39, 0.29) is 11.8 Å². The van der Waals surface area contributed by atoms with Crippen LogP contribution in [-0.2, 0) is 17.6 Å². The summed E-state index contributed by atoms with van der Waals surface area (Å²) in [6, 6.07) is 3.76. The smallest absolute Gasteiger partial charge is 0.226 e. The number of rotatable bonds is 5. The molecule has 1 aliphatic carbocycles. The lowest BCUT2D eigenvalue weighted by Crippen LogP contribution is -2.60. The highest BCUT2D eigenvalue weighted by molar-refractivity contribution is 7.80. The van der Waals surface area contributed by atoms with E-state index in [4.69, 9.17) is 17.1 Å². The second-order valence-electron chi connectivity index (χ2n) is 8.13.